The number of nitrogens with two attached hydrogens (primary N) is 2. The third-order valence-electron chi connectivity index (χ3n) is 2.60. The van der Waals surface area contributed by atoms with Crippen LogP contribution in [0.15, 0.2) is 6.33 Å². The lowest BCUT2D eigenvalue weighted by Gasteiger charge is -2.21. The van der Waals surface area contributed by atoms with Crippen LogP contribution < -0.4 is 16.8 Å². The molecule has 0 atom stereocenters. The summed E-state index contributed by atoms with van der Waals surface area (Å²) in [5, 5.41) is 2.90. The number of ether oxygens (including phenoxy) is 1. The molecule has 0 aliphatic rings. The van der Waals surface area contributed by atoms with Crippen molar-refractivity contribution in [1.29, 1.82) is 0 Å². The first-order chi connectivity index (χ1) is 8.93. The molecule has 0 saturated carbocycles. The lowest BCUT2D eigenvalue weighted by Crippen LogP contribution is -2.21. The largest absolute Gasteiger partial charge is 0.382 e. The van der Waals surface area contributed by atoms with Crippen LogP contribution in [-0.2, 0) is 10.3 Å². The summed E-state index contributed by atoms with van der Waals surface area (Å²) in [5.41, 5.74) is 12.3. The summed E-state index contributed by atoms with van der Waals surface area (Å²) >= 11 is 0. The predicted molar refractivity (Wildman–Crippen MR) is 73.4 cm³/mol. The smallest absolute Gasteiger partial charge is 0.228 e. The van der Waals surface area contributed by atoms with Crippen LogP contribution in [0.4, 0.5) is 11.8 Å². The molecule has 104 valence electrons. The number of rotatable bonds is 4. The number of anilines is 2. The molecule has 8 nitrogen and oxygen atoms in total. The van der Waals surface area contributed by atoms with E-state index in [1.165, 1.54) is 0 Å². The topological polar surface area (TPSA) is 117 Å². The number of hydrogen-bond acceptors (Lipinski definition) is 7. The molecule has 0 aliphatic heterocycles. The van der Waals surface area contributed by atoms with E-state index in [0.717, 1.165) is 0 Å². The first-order valence-corrected chi connectivity index (χ1v) is 5.96. The van der Waals surface area contributed by atoms with E-state index >= 15 is 0 Å². The Morgan fingerprint density at radius 1 is 1.37 bits per heavy atom. The third kappa shape index (κ3) is 2.74. The Balaban J connectivity index is 2.41. The van der Waals surface area contributed by atoms with Gasteiger partial charge in [-0.15, -0.1) is 0 Å². The molecule has 19 heavy (non-hydrogen) atoms. The monoisotopic (exact) mass is 265 g/mol. The van der Waals surface area contributed by atoms with Crippen LogP contribution in [0.5, 0.6) is 0 Å². The highest BCUT2D eigenvalue weighted by Gasteiger charge is 2.19. The molecule has 2 rings (SSSR count). The highest BCUT2D eigenvalue weighted by atomic mass is 16.5. The van der Waals surface area contributed by atoms with E-state index in [9.17, 15) is 0 Å². The van der Waals surface area contributed by atoms with Crippen LogP contribution in [0.1, 0.15) is 20.8 Å². The Morgan fingerprint density at radius 2 is 2.11 bits per heavy atom. The molecule has 2 aromatic heterocycles. The minimum absolute atomic E-state index is 0.130. The van der Waals surface area contributed by atoms with Gasteiger partial charge in [-0.25, -0.2) is 4.98 Å². The molecule has 2 heterocycles. The zero-order valence-electron chi connectivity index (χ0n) is 11.3. The standard InChI is InChI=1S/C11H19N7O/c1-11(2,3)18-5-14-7-8(13)16-10(17-9(7)18)15-6-19-4-12/h5H,4,6,12H2,1-3H3,(H3,13,15,16,17). The summed E-state index contributed by atoms with van der Waals surface area (Å²) in [5.74, 6) is 0.729. The number of nitrogens with zero attached hydrogens (tertiary/aromatic N) is 4. The Hall–Kier alpha value is -1.93. The molecule has 0 unspecified atom stereocenters. The van der Waals surface area contributed by atoms with Crippen molar-refractivity contribution in [3.8, 4) is 0 Å². The van der Waals surface area contributed by atoms with Crippen LogP contribution in [0.2, 0.25) is 0 Å². The quantitative estimate of drug-likeness (QED) is 0.543. The van der Waals surface area contributed by atoms with Gasteiger partial charge < -0.3 is 26.1 Å². The number of aromatic nitrogens is 4. The zero-order chi connectivity index (χ0) is 14.0. The van der Waals surface area contributed by atoms with Gasteiger partial charge in [-0.05, 0) is 20.8 Å². The number of fused-ring (bicyclic) bond motifs is 1. The average Bonchev–Trinajstić information content (AvgIpc) is 2.73. The minimum atomic E-state index is -0.138. The SMILES string of the molecule is CC(C)(C)n1cnc2c(N)nc(NCOCN)nc21. The minimum Gasteiger partial charge on any atom is -0.382 e. The summed E-state index contributed by atoms with van der Waals surface area (Å²) in [4.78, 5) is 12.8. The van der Waals surface area contributed by atoms with E-state index in [0.29, 0.717) is 22.9 Å². The maximum atomic E-state index is 5.89. The van der Waals surface area contributed by atoms with Gasteiger partial charge in [0.15, 0.2) is 11.5 Å². The van der Waals surface area contributed by atoms with Crippen molar-refractivity contribution in [3.63, 3.8) is 0 Å². The Labute approximate surface area is 111 Å². The Bertz CT molecular complexity index is 572. The molecule has 0 radical (unpaired) electrons. The molecule has 0 saturated heterocycles. The normalized spacial score (nSPS) is 12.0. The molecule has 2 aromatic rings. The van der Waals surface area contributed by atoms with Crippen molar-refractivity contribution in [2.75, 3.05) is 24.5 Å². The van der Waals surface area contributed by atoms with Crippen molar-refractivity contribution < 1.29 is 4.74 Å². The molecule has 0 amide bonds. The Morgan fingerprint density at radius 3 is 2.74 bits per heavy atom. The second-order valence-electron chi connectivity index (χ2n) is 5.08. The first-order valence-electron chi connectivity index (χ1n) is 5.96. The molecule has 5 N–H and O–H groups in total. The average molecular weight is 265 g/mol. The van der Waals surface area contributed by atoms with Crippen molar-refractivity contribution in [2.24, 2.45) is 5.73 Å². The molecule has 0 aromatic carbocycles. The van der Waals surface area contributed by atoms with Gasteiger partial charge >= 0.3 is 0 Å². The van der Waals surface area contributed by atoms with Gasteiger partial charge in [0.25, 0.3) is 0 Å². The summed E-state index contributed by atoms with van der Waals surface area (Å²) in [6.07, 6.45) is 1.72. The van der Waals surface area contributed by atoms with E-state index in [1.807, 2.05) is 4.57 Å². The lowest BCUT2D eigenvalue weighted by molar-refractivity contribution is 0.159. The molecule has 0 bridgehead atoms. The summed E-state index contributed by atoms with van der Waals surface area (Å²) in [6, 6.07) is 0. The zero-order valence-corrected chi connectivity index (χ0v) is 11.3. The molecular formula is C11H19N7O. The van der Waals surface area contributed by atoms with E-state index in [1.54, 1.807) is 6.33 Å². The molecule has 8 heteroatoms. The van der Waals surface area contributed by atoms with Crippen LogP contribution in [0, 0.1) is 0 Å². The molecule has 0 spiro atoms. The lowest BCUT2D eigenvalue weighted by atomic mass is 10.1. The van der Waals surface area contributed by atoms with Crippen LogP contribution in [0.3, 0.4) is 0 Å². The molecule has 0 aliphatic carbocycles. The number of nitrogen functional groups attached to an aromatic ring is 1. The van der Waals surface area contributed by atoms with Gasteiger partial charge in [0.2, 0.25) is 5.95 Å². The van der Waals surface area contributed by atoms with Gasteiger partial charge in [-0.2, -0.15) is 9.97 Å². The molecule has 0 fully saturated rings. The van der Waals surface area contributed by atoms with E-state index in [-0.39, 0.29) is 19.0 Å². The van der Waals surface area contributed by atoms with Gasteiger partial charge in [-0.3, -0.25) is 0 Å². The fourth-order valence-electron chi connectivity index (χ4n) is 1.67. The van der Waals surface area contributed by atoms with Crippen LogP contribution >= 0.6 is 0 Å². The third-order valence-corrected chi connectivity index (χ3v) is 2.60. The maximum absolute atomic E-state index is 5.89. The summed E-state index contributed by atoms with van der Waals surface area (Å²) in [7, 11) is 0. The highest BCUT2D eigenvalue weighted by Crippen LogP contribution is 2.23. The number of imidazole rings is 1. The second-order valence-corrected chi connectivity index (χ2v) is 5.08. The second kappa shape index (κ2) is 4.98. The van der Waals surface area contributed by atoms with E-state index < -0.39 is 0 Å². The van der Waals surface area contributed by atoms with Gasteiger partial charge in [-0.1, -0.05) is 0 Å². The van der Waals surface area contributed by atoms with Crippen molar-refractivity contribution in [1.82, 2.24) is 19.5 Å². The van der Waals surface area contributed by atoms with Crippen LogP contribution in [0.25, 0.3) is 11.2 Å². The van der Waals surface area contributed by atoms with Gasteiger partial charge in [0.05, 0.1) is 13.1 Å². The highest BCUT2D eigenvalue weighted by molar-refractivity contribution is 5.83. The summed E-state index contributed by atoms with van der Waals surface area (Å²) in [6.45, 7) is 6.56. The maximum Gasteiger partial charge on any atom is 0.228 e. The fraction of sp³-hybridized carbons (Fsp3) is 0.545. The fourth-order valence-corrected chi connectivity index (χ4v) is 1.67. The van der Waals surface area contributed by atoms with Crippen molar-refractivity contribution in [2.45, 2.75) is 26.3 Å². The number of nitrogens with one attached hydrogen (secondary N) is 1. The van der Waals surface area contributed by atoms with Gasteiger partial charge in [0.1, 0.15) is 12.2 Å². The number of hydrogen-bond donors (Lipinski definition) is 3. The summed E-state index contributed by atoms with van der Waals surface area (Å²) < 4.78 is 6.95. The first kappa shape index (κ1) is 13.5. The van der Waals surface area contributed by atoms with E-state index in [4.69, 9.17) is 16.2 Å². The van der Waals surface area contributed by atoms with Crippen LogP contribution in [-0.4, -0.2) is 33.0 Å². The predicted octanol–water partition coefficient (Wildman–Crippen LogP) is 0.466. The van der Waals surface area contributed by atoms with Crippen molar-refractivity contribution >= 4 is 22.9 Å². The molecular weight excluding hydrogens is 246 g/mol. The van der Waals surface area contributed by atoms with Crippen molar-refractivity contribution in [3.05, 3.63) is 6.33 Å². The van der Waals surface area contributed by atoms with E-state index in [2.05, 4.69) is 41.0 Å². The van der Waals surface area contributed by atoms with Gasteiger partial charge in [0, 0.05) is 5.54 Å². The Kier molecular flexibility index (Phi) is 3.54.